The number of hydrogen-bond acceptors (Lipinski definition) is 1. The first kappa shape index (κ1) is 7.80. The fraction of sp³-hybridized carbons (Fsp3) is 0.625. The summed E-state index contributed by atoms with van der Waals surface area (Å²) in [5.41, 5.74) is 0. The first-order valence-corrected chi connectivity index (χ1v) is 3.95. The maximum atomic E-state index is 10.6. The SMILES string of the molecule is C[C@@H]1C=C[C@H](C(=O)Cl)CC1. The third-order valence-electron chi connectivity index (χ3n) is 1.90. The lowest BCUT2D eigenvalue weighted by Gasteiger charge is -2.16. The van der Waals surface area contributed by atoms with Gasteiger partial charge in [-0.25, -0.2) is 0 Å². The molecule has 1 aliphatic carbocycles. The minimum atomic E-state index is -0.219. The van der Waals surface area contributed by atoms with Gasteiger partial charge in [-0.1, -0.05) is 19.1 Å². The van der Waals surface area contributed by atoms with E-state index in [1.807, 2.05) is 6.08 Å². The Morgan fingerprint density at radius 1 is 1.50 bits per heavy atom. The largest absolute Gasteiger partial charge is 0.281 e. The summed E-state index contributed by atoms with van der Waals surface area (Å²) in [6, 6.07) is 0. The minimum absolute atomic E-state index is 0.0159. The van der Waals surface area contributed by atoms with E-state index < -0.39 is 0 Å². The van der Waals surface area contributed by atoms with Crippen LogP contribution in [0.25, 0.3) is 0 Å². The van der Waals surface area contributed by atoms with Crippen LogP contribution in [0.15, 0.2) is 12.2 Å². The number of allylic oxidation sites excluding steroid dienone is 2. The molecule has 0 unspecified atom stereocenters. The summed E-state index contributed by atoms with van der Waals surface area (Å²) in [5, 5.41) is -0.219. The van der Waals surface area contributed by atoms with Gasteiger partial charge in [0, 0.05) is 0 Å². The maximum Gasteiger partial charge on any atom is 0.228 e. The van der Waals surface area contributed by atoms with Crippen molar-refractivity contribution < 1.29 is 4.79 Å². The molecule has 1 rings (SSSR count). The van der Waals surface area contributed by atoms with Crippen molar-refractivity contribution in [2.75, 3.05) is 0 Å². The standard InChI is InChI=1S/C8H11ClO/c1-6-2-4-7(5-3-6)8(9)10/h2,4,6-7H,3,5H2,1H3/t6-,7+/m1/s1. The van der Waals surface area contributed by atoms with Gasteiger partial charge in [-0.15, -0.1) is 0 Å². The molecule has 2 atom stereocenters. The van der Waals surface area contributed by atoms with E-state index in [1.165, 1.54) is 0 Å². The summed E-state index contributed by atoms with van der Waals surface area (Å²) in [6.45, 7) is 2.14. The molecule has 0 amide bonds. The third-order valence-corrected chi connectivity index (χ3v) is 2.18. The van der Waals surface area contributed by atoms with Crippen LogP contribution in [0.2, 0.25) is 0 Å². The van der Waals surface area contributed by atoms with Gasteiger partial charge in [-0.05, 0) is 30.4 Å². The normalized spacial score (nSPS) is 32.2. The molecule has 1 aliphatic rings. The summed E-state index contributed by atoms with van der Waals surface area (Å²) in [4.78, 5) is 10.6. The lowest BCUT2D eigenvalue weighted by molar-refractivity contribution is -0.114. The van der Waals surface area contributed by atoms with E-state index in [-0.39, 0.29) is 11.2 Å². The van der Waals surface area contributed by atoms with E-state index in [1.54, 1.807) is 0 Å². The van der Waals surface area contributed by atoms with Crippen LogP contribution in [-0.2, 0) is 4.79 Å². The maximum absolute atomic E-state index is 10.6. The average Bonchev–Trinajstić information content (AvgIpc) is 1.88. The van der Waals surface area contributed by atoms with E-state index >= 15 is 0 Å². The van der Waals surface area contributed by atoms with Crippen LogP contribution >= 0.6 is 11.6 Å². The second-order valence-electron chi connectivity index (χ2n) is 2.85. The molecule has 0 N–H and O–H groups in total. The first-order chi connectivity index (χ1) is 4.70. The van der Waals surface area contributed by atoms with E-state index in [9.17, 15) is 4.79 Å². The molecule has 10 heavy (non-hydrogen) atoms. The average molecular weight is 159 g/mol. The molecule has 0 saturated carbocycles. The van der Waals surface area contributed by atoms with Crippen molar-refractivity contribution in [3.63, 3.8) is 0 Å². The van der Waals surface area contributed by atoms with Crippen LogP contribution in [0.3, 0.4) is 0 Å². The lowest BCUT2D eigenvalue weighted by atomic mass is 9.91. The van der Waals surface area contributed by atoms with E-state index in [0.717, 1.165) is 12.8 Å². The number of rotatable bonds is 1. The van der Waals surface area contributed by atoms with Gasteiger partial charge in [-0.2, -0.15) is 0 Å². The Bertz CT molecular complexity index is 163. The number of carbonyl (C=O) groups excluding carboxylic acids is 1. The van der Waals surface area contributed by atoms with Gasteiger partial charge < -0.3 is 0 Å². The van der Waals surface area contributed by atoms with Crippen molar-refractivity contribution in [1.29, 1.82) is 0 Å². The Balaban J connectivity index is 2.53. The van der Waals surface area contributed by atoms with Gasteiger partial charge in [0.05, 0.1) is 5.92 Å². The summed E-state index contributed by atoms with van der Waals surface area (Å²) in [5.74, 6) is 0.602. The molecule has 0 aromatic rings. The number of halogens is 1. The molecule has 0 fully saturated rings. The zero-order valence-electron chi connectivity index (χ0n) is 6.01. The van der Waals surface area contributed by atoms with Crippen molar-refractivity contribution >= 4 is 16.8 Å². The fourth-order valence-corrected chi connectivity index (χ4v) is 1.33. The molecule has 56 valence electrons. The summed E-state index contributed by atoms with van der Waals surface area (Å²) in [7, 11) is 0. The zero-order chi connectivity index (χ0) is 7.56. The summed E-state index contributed by atoms with van der Waals surface area (Å²) >= 11 is 5.31. The molecule has 2 heteroatoms. The highest BCUT2D eigenvalue weighted by Crippen LogP contribution is 2.22. The second kappa shape index (κ2) is 3.20. The molecular weight excluding hydrogens is 148 g/mol. The van der Waals surface area contributed by atoms with Gasteiger partial charge in [0.15, 0.2) is 0 Å². The molecular formula is C8H11ClO. The topological polar surface area (TPSA) is 17.1 Å². The van der Waals surface area contributed by atoms with Crippen LogP contribution in [0, 0.1) is 11.8 Å². The monoisotopic (exact) mass is 158 g/mol. The van der Waals surface area contributed by atoms with Crippen LogP contribution in [-0.4, -0.2) is 5.24 Å². The van der Waals surface area contributed by atoms with Gasteiger partial charge in [0.25, 0.3) is 0 Å². The fourth-order valence-electron chi connectivity index (χ4n) is 1.15. The highest BCUT2D eigenvalue weighted by atomic mass is 35.5. The Labute approximate surface area is 66.1 Å². The second-order valence-corrected chi connectivity index (χ2v) is 3.22. The Hall–Kier alpha value is -0.300. The first-order valence-electron chi connectivity index (χ1n) is 3.58. The minimum Gasteiger partial charge on any atom is -0.281 e. The number of carbonyl (C=O) groups is 1. The van der Waals surface area contributed by atoms with Gasteiger partial charge in [0.1, 0.15) is 0 Å². The van der Waals surface area contributed by atoms with Gasteiger partial charge in [-0.3, -0.25) is 4.79 Å². The molecule has 0 radical (unpaired) electrons. The van der Waals surface area contributed by atoms with Crippen molar-refractivity contribution in [3.8, 4) is 0 Å². The van der Waals surface area contributed by atoms with Gasteiger partial charge >= 0.3 is 0 Å². The van der Waals surface area contributed by atoms with Crippen molar-refractivity contribution in [3.05, 3.63) is 12.2 Å². The van der Waals surface area contributed by atoms with Crippen molar-refractivity contribution in [2.24, 2.45) is 11.8 Å². The number of hydrogen-bond donors (Lipinski definition) is 0. The zero-order valence-corrected chi connectivity index (χ0v) is 6.77. The van der Waals surface area contributed by atoms with Gasteiger partial charge in [0.2, 0.25) is 5.24 Å². The Morgan fingerprint density at radius 3 is 2.60 bits per heavy atom. The Morgan fingerprint density at radius 2 is 2.20 bits per heavy atom. The summed E-state index contributed by atoms with van der Waals surface area (Å²) < 4.78 is 0. The predicted molar refractivity (Wildman–Crippen MR) is 41.9 cm³/mol. The van der Waals surface area contributed by atoms with E-state index in [2.05, 4.69) is 13.0 Å². The smallest absolute Gasteiger partial charge is 0.228 e. The molecule has 0 heterocycles. The Kier molecular flexibility index (Phi) is 2.50. The highest BCUT2D eigenvalue weighted by Gasteiger charge is 2.17. The highest BCUT2D eigenvalue weighted by molar-refractivity contribution is 6.64. The predicted octanol–water partition coefficient (Wildman–Crippen LogP) is 2.35. The molecule has 0 aromatic heterocycles. The summed E-state index contributed by atoms with van der Waals surface area (Å²) in [6.07, 6.45) is 5.98. The van der Waals surface area contributed by atoms with E-state index in [4.69, 9.17) is 11.6 Å². The van der Waals surface area contributed by atoms with Crippen molar-refractivity contribution in [1.82, 2.24) is 0 Å². The molecule has 0 aliphatic heterocycles. The van der Waals surface area contributed by atoms with Crippen molar-refractivity contribution in [2.45, 2.75) is 19.8 Å². The molecule has 0 aromatic carbocycles. The van der Waals surface area contributed by atoms with Crippen LogP contribution in [0.4, 0.5) is 0 Å². The third kappa shape index (κ3) is 1.84. The molecule has 0 spiro atoms. The van der Waals surface area contributed by atoms with Crippen LogP contribution < -0.4 is 0 Å². The molecule has 0 saturated heterocycles. The quantitative estimate of drug-likeness (QED) is 0.423. The molecule has 1 nitrogen and oxygen atoms in total. The van der Waals surface area contributed by atoms with E-state index in [0.29, 0.717) is 5.92 Å². The van der Waals surface area contributed by atoms with Crippen LogP contribution in [0.5, 0.6) is 0 Å². The molecule has 0 bridgehead atoms. The van der Waals surface area contributed by atoms with Crippen LogP contribution in [0.1, 0.15) is 19.8 Å². The lowest BCUT2D eigenvalue weighted by Crippen LogP contribution is -2.11.